The van der Waals surface area contributed by atoms with Crippen LogP contribution in [0.15, 0.2) is 60.1 Å². The first-order chi connectivity index (χ1) is 14.7. The molecule has 0 saturated carbocycles. The minimum Gasteiger partial charge on any atom is -0.489 e. The predicted molar refractivity (Wildman–Crippen MR) is 121 cm³/mol. The lowest BCUT2D eigenvalue weighted by molar-refractivity contribution is 0.186. The molecule has 5 nitrogen and oxygen atoms in total. The number of pyridine rings is 1. The molecule has 0 aliphatic carbocycles. The number of aromatic nitrogens is 3. The lowest BCUT2D eigenvalue weighted by Gasteiger charge is -2.09. The number of nitrogens with zero attached hydrogens (tertiary/aromatic N) is 2. The minimum atomic E-state index is 0.457. The van der Waals surface area contributed by atoms with E-state index in [4.69, 9.17) is 14.5 Å². The van der Waals surface area contributed by atoms with Crippen molar-refractivity contribution in [2.24, 2.45) is 0 Å². The van der Waals surface area contributed by atoms with E-state index in [1.165, 1.54) is 0 Å². The van der Waals surface area contributed by atoms with Gasteiger partial charge in [-0.3, -0.25) is 4.98 Å². The van der Waals surface area contributed by atoms with Gasteiger partial charge in [0.25, 0.3) is 0 Å². The summed E-state index contributed by atoms with van der Waals surface area (Å²) in [6, 6.07) is 16.3. The van der Waals surface area contributed by atoms with Gasteiger partial charge in [-0.2, -0.15) is 0 Å². The van der Waals surface area contributed by atoms with Gasteiger partial charge in [-0.1, -0.05) is 30.3 Å². The Morgan fingerprint density at radius 2 is 1.90 bits per heavy atom. The second kappa shape index (κ2) is 7.89. The van der Waals surface area contributed by atoms with Crippen molar-refractivity contribution in [3.63, 3.8) is 0 Å². The van der Waals surface area contributed by atoms with E-state index < -0.39 is 0 Å². The number of nitrogens with one attached hydrogen (secondary N) is 1. The van der Waals surface area contributed by atoms with Crippen molar-refractivity contribution < 1.29 is 9.47 Å². The van der Waals surface area contributed by atoms with Gasteiger partial charge in [-0.25, -0.2) is 4.98 Å². The van der Waals surface area contributed by atoms with Crippen molar-refractivity contribution in [3.8, 4) is 17.1 Å². The van der Waals surface area contributed by atoms with E-state index in [0.717, 1.165) is 55.1 Å². The largest absolute Gasteiger partial charge is 0.489 e. The molecule has 3 aromatic heterocycles. The van der Waals surface area contributed by atoms with E-state index in [-0.39, 0.29) is 0 Å². The molecule has 0 fully saturated rings. The number of H-pyrrole nitrogens is 1. The molecule has 30 heavy (non-hydrogen) atoms. The number of aromatic amines is 1. The van der Waals surface area contributed by atoms with Crippen LogP contribution in [0.25, 0.3) is 33.2 Å². The maximum atomic E-state index is 6.07. The number of aryl methyl sites for hydroxylation is 1. The van der Waals surface area contributed by atoms with Crippen LogP contribution in [0.4, 0.5) is 0 Å². The molecule has 0 saturated heterocycles. The van der Waals surface area contributed by atoms with E-state index in [9.17, 15) is 0 Å². The summed E-state index contributed by atoms with van der Waals surface area (Å²) >= 11 is 1.62. The molecule has 0 aliphatic heterocycles. The number of hydrogen-bond acceptors (Lipinski definition) is 5. The maximum absolute atomic E-state index is 6.07. The average molecular weight is 416 g/mol. The fourth-order valence-corrected chi connectivity index (χ4v) is 4.35. The second-order valence-electron chi connectivity index (χ2n) is 7.17. The van der Waals surface area contributed by atoms with E-state index in [2.05, 4.69) is 34.2 Å². The fourth-order valence-electron chi connectivity index (χ4n) is 3.75. The monoisotopic (exact) mass is 415 g/mol. The topological polar surface area (TPSA) is 60.0 Å². The van der Waals surface area contributed by atoms with Crippen LogP contribution in [0, 0.1) is 6.92 Å². The van der Waals surface area contributed by atoms with Gasteiger partial charge in [-0.05, 0) is 30.7 Å². The van der Waals surface area contributed by atoms with Gasteiger partial charge in [0.05, 0.1) is 29.0 Å². The van der Waals surface area contributed by atoms with Crippen molar-refractivity contribution >= 4 is 33.1 Å². The zero-order valence-corrected chi connectivity index (χ0v) is 17.6. The summed E-state index contributed by atoms with van der Waals surface area (Å²) in [4.78, 5) is 12.8. The van der Waals surface area contributed by atoms with E-state index in [1.54, 1.807) is 18.4 Å². The first-order valence-electron chi connectivity index (χ1n) is 9.74. The Labute approximate surface area is 178 Å². The maximum Gasteiger partial charge on any atom is 0.120 e. The molecule has 0 unspecified atom stereocenters. The van der Waals surface area contributed by atoms with Crippen molar-refractivity contribution in [1.29, 1.82) is 0 Å². The highest BCUT2D eigenvalue weighted by Crippen LogP contribution is 2.35. The van der Waals surface area contributed by atoms with Gasteiger partial charge in [0, 0.05) is 34.3 Å². The number of rotatable bonds is 6. The standard InChI is InChI=1S/C24H21N3O2S/c1-15-26-22(14-30-15)24-19(13-28-2)23-18-10-17(29-12-16-6-4-3-5-7-16)8-9-20(18)27-21(23)11-25-24/h3-11,14,27H,12-13H2,1-2H3. The molecule has 1 N–H and O–H groups in total. The second-order valence-corrected chi connectivity index (χ2v) is 8.23. The lowest BCUT2D eigenvalue weighted by Crippen LogP contribution is -1.97. The molecule has 0 radical (unpaired) electrons. The number of thiazole rings is 1. The van der Waals surface area contributed by atoms with Crippen molar-refractivity contribution in [3.05, 3.63) is 76.2 Å². The van der Waals surface area contributed by atoms with Crippen LogP contribution < -0.4 is 4.74 Å². The van der Waals surface area contributed by atoms with Gasteiger partial charge in [-0.15, -0.1) is 11.3 Å². The van der Waals surface area contributed by atoms with E-state index in [1.807, 2.05) is 42.8 Å². The number of methoxy groups -OCH3 is 1. The van der Waals surface area contributed by atoms with Gasteiger partial charge in [0.2, 0.25) is 0 Å². The van der Waals surface area contributed by atoms with Crippen LogP contribution in [0.5, 0.6) is 5.75 Å². The molecule has 5 rings (SSSR count). The van der Waals surface area contributed by atoms with Crippen LogP contribution >= 0.6 is 11.3 Å². The van der Waals surface area contributed by atoms with Gasteiger partial charge >= 0.3 is 0 Å². The van der Waals surface area contributed by atoms with Crippen LogP contribution in [0.3, 0.4) is 0 Å². The van der Waals surface area contributed by atoms with Crippen LogP contribution in [0.2, 0.25) is 0 Å². The van der Waals surface area contributed by atoms with E-state index in [0.29, 0.717) is 13.2 Å². The Hall–Kier alpha value is -3.22. The summed E-state index contributed by atoms with van der Waals surface area (Å²) in [6.45, 7) is 2.99. The summed E-state index contributed by atoms with van der Waals surface area (Å²) in [7, 11) is 1.71. The fraction of sp³-hybridized carbons (Fsp3) is 0.167. The zero-order valence-electron chi connectivity index (χ0n) is 16.8. The molecule has 150 valence electrons. The Morgan fingerprint density at radius 3 is 2.67 bits per heavy atom. The van der Waals surface area contributed by atoms with Crippen molar-refractivity contribution in [2.45, 2.75) is 20.1 Å². The summed E-state index contributed by atoms with van der Waals surface area (Å²) in [6.07, 6.45) is 1.88. The summed E-state index contributed by atoms with van der Waals surface area (Å²) < 4.78 is 11.6. The SMILES string of the molecule is COCc1c(-c2csc(C)n2)ncc2[nH]c3ccc(OCc4ccccc4)cc3c12. The molecule has 0 aliphatic rings. The molecule has 0 atom stereocenters. The van der Waals surface area contributed by atoms with Crippen molar-refractivity contribution in [1.82, 2.24) is 15.0 Å². The molecular formula is C24H21N3O2S. The Bertz CT molecular complexity index is 1320. The Morgan fingerprint density at radius 1 is 1.03 bits per heavy atom. The van der Waals surface area contributed by atoms with Crippen LogP contribution in [-0.4, -0.2) is 22.1 Å². The molecule has 0 bridgehead atoms. The minimum absolute atomic E-state index is 0.457. The number of fused-ring (bicyclic) bond motifs is 3. The van der Waals surface area contributed by atoms with Gasteiger partial charge < -0.3 is 14.5 Å². The highest BCUT2D eigenvalue weighted by Gasteiger charge is 2.17. The summed E-state index contributed by atoms with van der Waals surface area (Å²) in [5.74, 6) is 0.832. The quantitative estimate of drug-likeness (QED) is 0.377. The van der Waals surface area contributed by atoms with Gasteiger partial charge in [0.15, 0.2) is 0 Å². The number of benzene rings is 2. The van der Waals surface area contributed by atoms with Crippen LogP contribution in [0.1, 0.15) is 16.1 Å². The zero-order chi connectivity index (χ0) is 20.5. The van der Waals surface area contributed by atoms with Gasteiger partial charge in [0.1, 0.15) is 18.1 Å². The summed E-state index contributed by atoms with van der Waals surface area (Å²) in [5, 5.41) is 5.27. The molecule has 0 amide bonds. The lowest BCUT2D eigenvalue weighted by atomic mass is 10.0. The third-order valence-electron chi connectivity index (χ3n) is 5.11. The number of ether oxygens (including phenoxy) is 2. The number of hydrogen-bond donors (Lipinski definition) is 1. The van der Waals surface area contributed by atoms with Crippen LogP contribution in [-0.2, 0) is 18.0 Å². The third-order valence-corrected chi connectivity index (χ3v) is 5.88. The average Bonchev–Trinajstić information content (AvgIpc) is 3.36. The molecule has 2 aromatic carbocycles. The molecule has 6 heteroatoms. The Kier molecular flexibility index (Phi) is 4.94. The highest BCUT2D eigenvalue weighted by molar-refractivity contribution is 7.09. The first kappa shape index (κ1) is 18.8. The summed E-state index contributed by atoms with van der Waals surface area (Å²) in [5.41, 5.74) is 5.95. The molecule has 0 spiro atoms. The smallest absolute Gasteiger partial charge is 0.120 e. The molecule has 5 aromatic rings. The predicted octanol–water partition coefficient (Wildman–Crippen LogP) is 5.87. The Balaban J connectivity index is 1.62. The third kappa shape index (κ3) is 3.44. The highest BCUT2D eigenvalue weighted by atomic mass is 32.1. The molecule has 3 heterocycles. The van der Waals surface area contributed by atoms with Crippen molar-refractivity contribution in [2.75, 3.05) is 7.11 Å². The normalized spacial score (nSPS) is 11.4. The first-order valence-corrected chi connectivity index (χ1v) is 10.6. The molecular weight excluding hydrogens is 394 g/mol. The van der Waals surface area contributed by atoms with E-state index >= 15 is 0 Å².